The van der Waals surface area contributed by atoms with Crippen molar-refractivity contribution in [2.45, 2.75) is 336 Å². The average molecular weight is 1870 g/mol. The molecule has 3 saturated carbocycles. The van der Waals surface area contributed by atoms with Gasteiger partial charge in [-0.3, -0.25) is 49.5 Å². The molecule has 0 saturated heterocycles. The Bertz CT molecular complexity index is 6850. The minimum atomic E-state index is -4.44. The van der Waals surface area contributed by atoms with E-state index in [-0.39, 0.29) is 49.8 Å². The lowest BCUT2D eigenvalue weighted by atomic mass is 9.57. The molecule has 13 aliphatic carbocycles. The van der Waals surface area contributed by atoms with Crippen LogP contribution < -0.4 is 0 Å². The highest BCUT2D eigenvalue weighted by molar-refractivity contribution is 6.05. The summed E-state index contributed by atoms with van der Waals surface area (Å²) in [7, 11) is 0. The van der Waals surface area contributed by atoms with Crippen LogP contribution >= 0.6 is 0 Å². The highest BCUT2D eigenvalue weighted by atomic mass is 19.4. The fraction of sp³-hybridized carbons (Fsp3) is 0.479. The summed E-state index contributed by atoms with van der Waals surface area (Å²) in [5, 5.41) is 58.8. The smallest absolute Gasteiger partial charge is 0.294 e. The first-order valence-electron chi connectivity index (χ1n) is 50.4. The summed E-state index contributed by atoms with van der Waals surface area (Å²) in [6, 6.07) is 46.6. The minimum Gasteiger partial charge on any atom is -0.294 e. The van der Waals surface area contributed by atoms with Crippen LogP contribution in [0, 0.1) is 49.7 Å². The normalized spacial score (nSPS) is 25.4. The Kier molecular flexibility index (Phi) is 23.4. The molecule has 720 valence electrons. The van der Waals surface area contributed by atoms with Crippen LogP contribution in [0.15, 0.2) is 189 Å². The zero-order valence-electron chi connectivity index (χ0n) is 84.7. The lowest BCUT2D eigenvalue weighted by molar-refractivity contribution is -0.137. The third kappa shape index (κ3) is 16.8. The molecule has 0 spiro atoms. The third-order valence-electron chi connectivity index (χ3n) is 32.8. The standard InChI is InChI=1S/C24H25F3N2O.2C24H25N3O.C24H30N2O.C23H28N2O/c1-22(2)11-14-9-17-20(21(29-28-17)13-7-8-13)23(3,19(14)18(30)12-22)15-5-4-6-16(10-15)24(25,26)27;2*1-23(2)11-16-10-18-21(22(27-26-18)15-7-8-15)24(3,20(16)19(28)12-23)17-6-4-5-14(9-17)13-25;1-22(2,3)21-20-17(25-26-21)12-15-13-23(4,5)14-18(27)19(15)24(20,6)16-10-8-7-9-11-16;1-14(2)21-20-17(24-25-21)11-15-12-22(3,4)13-18(26)19(15)23(20,5)16-9-7-6-8-10-16/h4-6,10,13H,7-9,11-12H2,1-3H3,(H,28,29);2*4-6,9,15H,7-8,10-12H2,1-3H3,(H,26,27);7-11H,12-14H2,1-6H3,(H,25,26);6-10,14H,11-13H2,1-5H3,(H,24,25)/t23-;2*24-;;/m010../s1. The van der Waals surface area contributed by atoms with Crippen molar-refractivity contribution >= 4 is 28.9 Å². The lowest BCUT2D eigenvalue weighted by Gasteiger charge is -2.44. The summed E-state index contributed by atoms with van der Waals surface area (Å²) in [6.45, 7) is 43.4. The molecule has 10 aromatic rings. The van der Waals surface area contributed by atoms with Crippen LogP contribution in [0.3, 0.4) is 0 Å². The first kappa shape index (κ1) is 95.9. The number of aromatic amines is 5. The number of aromatic nitrogens is 10. The Morgan fingerprint density at radius 3 is 0.892 bits per heavy atom. The number of rotatable bonds is 9. The second-order valence-corrected chi connectivity index (χ2v) is 48.8. The van der Waals surface area contributed by atoms with Gasteiger partial charge in [-0.25, -0.2) is 0 Å². The molecular formula is C119H133F3N12O5. The van der Waals surface area contributed by atoms with Crippen LogP contribution in [0.2, 0.25) is 0 Å². The van der Waals surface area contributed by atoms with Crippen LogP contribution in [-0.2, 0) is 94.7 Å². The minimum absolute atomic E-state index is 0.0117. The van der Waals surface area contributed by atoms with Gasteiger partial charge in [-0.1, -0.05) is 235 Å². The van der Waals surface area contributed by atoms with Gasteiger partial charge < -0.3 is 0 Å². The van der Waals surface area contributed by atoms with E-state index in [2.05, 4.69) is 240 Å². The Morgan fingerprint density at radius 2 is 0.597 bits per heavy atom. The number of nitrogens with zero attached hydrogens (tertiary/aromatic N) is 7. The molecule has 3 fully saturated rings. The van der Waals surface area contributed by atoms with Crippen molar-refractivity contribution in [1.29, 1.82) is 10.5 Å². The van der Waals surface area contributed by atoms with Crippen LogP contribution in [0.4, 0.5) is 13.2 Å². The molecule has 5 heterocycles. The summed E-state index contributed by atoms with van der Waals surface area (Å²) in [6.07, 6.45) is 13.5. The van der Waals surface area contributed by atoms with Crippen molar-refractivity contribution < 1.29 is 37.1 Å². The van der Waals surface area contributed by atoms with E-state index in [1.165, 1.54) is 105 Å². The van der Waals surface area contributed by atoms with E-state index >= 15 is 0 Å². The zero-order chi connectivity index (χ0) is 99.1. The highest BCUT2D eigenvalue weighted by Gasteiger charge is 2.58. The SMILES string of the molecule is CC(C)c1n[nH]c2c1C(C)(c1ccccc1)C1=C(C2)CC(C)(C)CC1=O.CC1(C)CC(=O)C2=C(Cc3[nH]nc(C(C)(C)C)c3C2(C)c2ccccc2)C1.CC1(C)CC(=O)C2=C(Cc3[nH]nc(C4CC4)c3[C@@]2(C)c2cccc(C#N)c2)C1.CC1(C)CC(=O)C2=C(Cc3[nH]nc(C4CC4)c3[C@@]2(C)c2cccc(C(F)(F)F)c2)C1.CC1(C)CC(=O)C2=C(Cc3[nH]nc(C4CC4)c3[C@]2(C)c2cccc(C#N)c2)C1. The summed E-state index contributed by atoms with van der Waals surface area (Å²) in [5.74, 6) is 2.81. The molecule has 5 atom stereocenters. The quantitative estimate of drug-likeness (QED) is 0.0902. The molecule has 0 amide bonds. The van der Waals surface area contributed by atoms with E-state index in [1.54, 1.807) is 6.07 Å². The number of benzene rings is 5. The predicted octanol–water partition coefficient (Wildman–Crippen LogP) is 25.6. The van der Waals surface area contributed by atoms with Gasteiger partial charge in [0.15, 0.2) is 28.9 Å². The molecule has 0 aliphatic heterocycles. The Labute approximate surface area is 816 Å². The second kappa shape index (κ2) is 33.9. The molecule has 0 radical (unpaired) electrons. The fourth-order valence-corrected chi connectivity index (χ4v) is 26.9. The summed E-state index contributed by atoms with van der Waals surface area (Å²) in [5.41, 5.74) is 29.9. The van der Waals surface area contributed by atoms with Gasteiger partial charge in [0.1, 0.15) is 0 Å². The highest BCUT2D eigenvalue weighted by Crippen LogP contribution is 2.63. The lowest BCUT2D eigenvalue weighted by Crippen LogP contribution is -2.42. The number of hydrogen-bond donors (Lipinski definition) is 5. The van der Waals surface area contributed by atoms with Crippen molar-refractivity contribution in [3.63, 3.8) is 0 Å². The number of nitriles is 2. The first-order chi connectivity index (χ1) is 65.4. The molecule has 0 bridgehead atoms. The van der Waals surface area contributed by atoms with Crippen molar-refractivity contribution in [3.05, 3.63) is 318 Å². The number of allylic oxidation sites excluding steroid dienone is 10. The molecule has 5 N–H and O–H groups in total. The van der Waals surface area contributed by atoms with Crippen molar-refractivity contribution in [1.82, 2.24) is 51.0 Å². The summed E-state index contributed by atoms with van der Waals surface area (Å²) < 4.78 is 40.6. The average Bonchev–Trinajstić information content (AvgIpc) is 1.54. The molecule has 5 aromatic heterocycles. The fourth-order valence-electron chi connectivity index (χ4n) is 26.9. The largest absolute Gasteiger partial charge is 0.416 e. The summed E-state index contributed by atoms with van der Waals surface area (Å²) in [4.78, 5) is 67.2. The third-order valence-corrected chi connectivity index (χ3v) is 32.8. The molecule has 20 heteroatoms. The van der Waals surface area contributed by atoms with Gasteiger partial charge >= 0.3 is 6.18 Å². The maximum absolute atomic E-state index is 13.5. The Morgan fingerprint density at radius 1 is 0.331 bits per heavy atom. The molecule has 139 heavy (non-hydrogen) atoms. The molecule has 17 nitrogen and oxygen atoms in total. The van der Waals surface area contributed by atoms with E-state index in [4.69, 9.17) is 15.3 Å². The van der Waals surface area contributed by atoms with E-state index in [0.29, 0.717) is 96.0 Å². The van der Waals surface area contributed by atoms with Gasteiger partial charge in [-0.15, -0.1) is 0 Å². The molecule has 2 unspecified atom stereocenters. The van der Waals surface area contributed by atoms with Crippen molar-refractivity contribution in [2.75, 3.05) is 0 Å². The maximum atomic E-state index is 13.5. The Hall–Kier alpha value is -12.0. The number of nitrogens with one attached hydrogen (secondary N) is 5. The number of alkyl halides is 3. The molecule has 5 aromatic carbocycles. The van der Waals surface area contributed by atoms with Gasteiger partial charge in [-0.05, 0) is 196 Å². The van der Waals surface area contributed by atoms with E-state index in [0.717, 1.165) is 167 Å². The number of carbonyl (C=O) groups is 5. The Balaban J connectivity index is 0.000000111. The molecule has 13 aliphatic rings. The van der Waals surface area contributed by atoms with Crippen molar-refractivity contribution in [2.24, 2.45) is 27.1 Å². The number of ketones is 5. The summed E-state index contributed by atoms with van der Waals surface area (Å²) >= 11 is 0. The number of H-pyrrole nitrogens is 5. The van der Waals surface area contributed by atoms with Gasteiger partial charge in [-0.2, -0.15) is 49.2 Å². The van der Waals surface area contributed by atoms with Gasteiger partial charge in [0.2, 0.25) is 0 Å². The van der Waals surface area contributed by atoms with E-state index in [1.807, 2.05) is 55.5 Å². The number of hydrogen-bond acceptors (Lipinski definition) is 12. The first-order valence-corrected chi connectivity index (χ1v) is 50.4. The van der Waals surface area contributed by atoms with E-state index < -0.39 is 38.8 Å². The molecular weight excluding hydrogens is 1730 g/mol. The zero-order valence-corrected chi connectivity index (χ0v) is 84.7. The van der Waals surface area contributed by atoms with Crippen LogP contribution in [0.25, 0.3) is 0 Å². The predicted molar refractivity (Wildman–Crippen MR) is 534 cm³/mol. The van der Waals surface area contributed by atoms with E-state index in [9.17, 15) is 47.7 Å². The second-order valence-electron chi connectivity index (χ2n) is 48.8. The number of fused-ring (bicyclic) bond motifs is 5. The monoisotopic (exact) mass is 1870 g/mol. The van der Waals surface area contributed by atoms with Gasteiger partial charge in [0.05, 0.1) is 57.3 Å². The maximum Gasteiger partial charge on any atom is 0.416 e. The topological polar surface area (TPSA) is 276 Å². The number of halogens is 3. The van der Waals surface area contributed by atoms with Crippen LogP contribution in [0.5, 0.6) is 0 Å². The number of Topliss-reactive ketones (excluding diaryl/α,β-unsaturated/α-hetero) is 5. The molecule has 23 rings (SSSR count). The number of carbonyl (C=O) groups excluding carboxylic acids is 5. The van der Waals surface area contributed by atoms with Crippen LogP contribution in [0.1, 0.15) is 394 Å². The van der Waals surface area contributed by atoms with Crippen LogP contribution in [-0.4, -0.2) is 79.9 Å². The van der Waals surface area contributed by atoms with Crippen molar-refractivity contribution in [3.8, 4) is 12.1 Å². The van der Waals surface area contributed by atoms with Gasteiger partial charge in [0.25, 0.3) is 0 Å². The van der Waals surface area contributed by atoms with Gasteiger partial charge in [0, 0.05) is 199 Å².